The van der Waals surface area contributed by atoms with Crippen molar-refractivity contribution in [3.05, 3.63) is 59.8 Å². The molecule has 8 heteroatoms. The van der Waals surface area contributed by atoms with Crippen molar-refractivity contribution < 1.29 is 12.8 Å². The Labute approximate surface area is 145 Å². The minimum absolute atomic E-state index is 0.102. The molecule has 6 nitrogen and oxygen atoms in total. The molecule has 2 heterocycles. The zero-order valence-electron chi connectivity index (χ0n) is 14.0. The van der Waals surface area contributed by atoms with E-state index in [-0.39, 0.29) is 5.03 Å². The van der Waals surface area contributed by atoms with Crippen molar-refractivity contribution in [2.24, 2.45) is 7.05 Å². The van der Waals surface area contributed by atoms with Crippen molar-refractivity contribution in [1.82, 2.24) is 14.8 Å². The predicted molar refractivity (Wildman–Crippen MR) is 93.1 cm³/mol. The van der Waals surface area contributed by atoms with Gasteiger partial charge in [-0.15, -0.1) is 0 Å². The number of pyridine rings is 1. The molecule has 1 N–H and O–H groups in total. The first kappa shape index (κ1) is 17.1. The number of aryl methyl sites for hydroxylation is 3. The summed E-state index contributed by atoms with van der Waals surface area (Å²) in [5.74, 6) is -0.453. The van der Waals surface area contributed by atoms with E-state index < -0.39 is 15.8 Å². The minimum atomic E-state index is -3.80. The van der Waals surface area contributed by atoms with Crippen LogP contribution in [-0.4, -0.2) is 23.2 Å². The lowest BCUT2D eigenvalue weighted by atomic mass is 10.0. The van der Waals surface area contributed by atoms with E-state index in [4.69, 9.17) is 0 Å². The zero-order chi connectivity index (χ0) is 18.2. The maximum atomic E-state index is 13.4. The third-order valence-corrected chi connectivity index (χ3v) is 5.41. The number of sulfonamides is 1. The summed E-state index contributed by atoms with van der Waals surface area (Å²) >= 11 is 0. The van der Waals surface area contributed by atoms with Crippen LogP contribution in [-0.2, 0) is 17.1 Å². The third kappa shape index (κ3) is 3.39. The Morgan fingerprint density at radius 3 is 2.44 bits per heavy atom. The van der Waals surface area contributed by atoms with Crippen molar-refractivity contribution >= 4 is 15.7 Å². The molecule has 3 aromatic rings. The first-order chi connectivity index (χ1) is 11.8. The van der Waals surface area contributed by atoms with Crippen LogP contribution in [0.15, 0.2) is 47.9 Å². The zero-order valence-corrected chi connectivity index (χ0v) is 14.8. The molecule has 0 aliphatic rings. The number of benzene rings is 1. The maximum Gasteiger partial charge on any atom is 0.279 e. The second-order valence-electron chi connectivity index (χ2n) is 5.78. The standard InChI is InChI=1S/C17H17FN4O2S/c1-11-4-5-13(14-6-15(18)10-19-9-14)7-16(11)21-25(23,24)17-12(2)8-20-22(17)3/h4-10,21H,1-3H3. The number of halogens is 1. The monoisotopic (exact) mass is 360 g/mol. The molecule has 25 heavy (non-hydrogen) atoms. The molecule has 2 aromatic heterocycles. The van der Waals surface area contributed by atoms with E-state index in [9.17, 15) is 12.8 Å². The van der Waals surface area contributed by atoms with Gasteiger partial charge in [0.25, 0.3) is 10.0 Å². The summed E-state index contributed by atoms with van der Waals surface area (Å²) in [4.78, 5) is 3.83. The maximum absolute atomic E-state index is 13.4. The van der Waals surface area contributed by atoms with Crippen LogP contribution in [0.2, 0.25) is 0 Å². The van der Waals surface area contributed by atoms with Crippen molar-refractivity contribution in [3.63, 3.8) is 0 Å². The highest BCUT2D eigenvalue weighted by atomic mass is 32.2. The summed E-state index contributed by atoms with van der Waals surface area (Å²) in [6, 6.07) is 6.57. The van der Waals surface area contributed by atoms with Crippen molar-refractivity contribution in [3.8, 4) is 11.1 Å². The summed E-state index contributed by atoms with van der Waals surface area (Å²) in [5.41, 5.74) is 2.95. The number of rotatable bonds is 4. The highest BCUT2D eigenvalue weighted by Gasteiger charge is 2.22. The van der Waals surface area contributed by atoms with Crippen LogP contribution in [0, 0.1) is 19.7 Å². The average Bonchev–Trinajstić information content (AvgIpc) is 2.89. The summed E-state index contributed by atoms with van der Waals surface area (Å²) < 4.78 is 42.7. The van der Waals surface area contributed by atoms with Gasteiger partial charge in [-0.1, -0.05) is 12.1 Å². The fourth-order valence-corrected chi connectivity index (χ4v) is 4.07. The van der Waals surface area contributed by atoms with Crippen LogP contribution in [0.1, 0.15) is 11.1 Å². The normalized spacial score (nSPS) is 11.5. The first-order valence-corrected chi connectivity index (χ1v) is 8.99. The Bertz CT molecular complexity index is 1030. The lowest BCUT2D eigenvalue weighted by Gasteiger charge is -2.13. The Morgan fingerprint density at radius 2 is 1.80 bits per heavy atom. The van der Waals surface area contributed by atoms with Gasteiger partial charge in [0.2, 0.25) is 0 Å². The number of hydrogen-bond donors (Lipinski definition) is 1. The molecule has 0 aliphatic heterocycles. The van der Waals surface area contributed by atoms with Crippen LogP contribution in [0.25, 0.3) is 11.1 Å². The lowest BCUT2D eigenvalue weighted by molar-refractivity contribution is 0.580. The van der Waals surface area contributed by atoms with E-state index in [1.165, 1.54) is 23.1 Å². The molecule has 0 atom stereocenters. The van der Waals surface area contributed by atoms with Crippen LogP contribution in [0.5, 0.6) is 0 Å². The van der Waals surface area contributed by atoms with Crippen LogP contribution >= 0.6 is 0 Å². The van der Waals surface area contributed by atoms with Gasteiger partial charge in [0.1, 0.15) is 5.82 Å². The van der Waals surface area contributed by atoms with Crippen molar-refractivity contribution in [1.29, 1.82) is 0 Å². The highest BCUT2D eigenvalue weighted by molar-refractivity contribution is 7.92. The van der Waals surface area contributed by atoms with Gasteiger partial charge in [-0.3, -0.25) is 14.4 Å². The minimum Gasteiger partial charge on any atom is -0.278 e. The van der Waals surface area contributed by atoms with E-state index in [0.29, 0.717) is 22.4 Å². The van der Waals surface area contributed by atoms with Crippen LogP contribution in [0.4, 0.5) is 10.1 Å². The average molecular weight is 360 g/mol. The molecule has 1 aromatic carbocycles. The van der Waals surface area contributed by atoms with Gasteiger partial charge in [-0.05, 0) is 37.1 Å². The second kappa shape index (κ2) is 6.29. The van der Waals surface area contributed by atoms with E-state index in [1.54, 1.807) is 39.1 Å². The Hall–Kier alpha value is -2.74. The molecule has 0 saturated carbocycles. The summed E-state index contributed by atoms with van der Waals surface area (Å²) in [5, 5.41) is 4.07. The molecule has 0 radical (unpaired) electrons. The van der Waals surface area contributed by atoms with Gasteiger partial charge in [0.05, 0.1) is 18.1 Å². The number of nitrogens with zero attached hydrogens (tertiary/aromatic N) is 3. The van der Waals surface area contributed by atoms with Gasteiger partial charge in [0.15, 0.2) is 5.03 Å². The Morgan fingerprint density at radius 1 is 1.04 bits per heavy atom. The highest BCUT2D eigenvalue weighted by Crippen LogP contribution is 2.27. The van der Waals surface area contributed by atoms with Gasteiger partial charge in [-0.25, -0.2) is 4.39 Å². The third-order valence-electron chi connectivity index (χ3n) is 3.83. The fourth-order valence-electron chi connectivity index (χ4n) is 2.60. The van der Waals surface area contributed by atoms with Gasteiger partial charge in [-0.2, -0.15) is 13.5 Å². The SMILES string of the molecule is Cc1ccc(-c2cncc(F)c2)cc1NS(=O)(=O)c1c(C)cnn1C. The molecule has 0 spiro atoms. The lowest BCUT2D eigenvalue weighted by Crippen LogP contribution is -2.18. The van der Waals surface area contributed by atoms with Crippen LogP contribution in [0.3, 0.4) is 0 Å². The summed E-state index contributed by atoms with van der Waals surface area (Å²) in [6.07, 6.45) is 4.14. The predicted octanol–water partition coefficient (Wildman–Crippen LogP) is 3.04. The molecule has 0 aliphatic carbocycles. The molecule has 3 rings (SSSR count). The number of aromatic nitrogens is 3. The second-order valence-corrected chi connectivity index (χ2v) is 7.38. The topological polar surface area (TPSA) is 76.9 Å². The molecule has 0 saturated heterocycles. The molecule has 0 unspecified atom stereocenters. The molecule has 0 bridgehead atoms. The van der Waals surface area contributed by atoms with Gasteiger partial charge in [0, 0.05) is 24.4 Å². The van der Waals surface area contributed by atoms with E-state index in [0.717, 1.165) is 11.8 Å². The van der Waals surface area contributed by atoms with E-state index >= 15 is 0 Å². The van der Waals surface area contributed by atoms with Crippen LogP contribution < -0.4 is 4.72 Å². The first-order valence-electron chi connectivity index (χ1n) is 7.51. The van der Waals surface area contributed by atoms with E-state index in [1.807, 2.05) is 0 Å². The molecular formula is C17H17FN4O2S. The Kier molecular flexibility index (Phi) is 4.30. The summed E-state index contributed by atoms with van der Waals surface area (Å²) in [7, 11) is -2.23. The van der Waals surface area contributed by atoms with Gasteiger partial charge >= 0.3 is 0 Å². The molecule has 0 amide bonds. The number of nitrogens with one attached hydrogen (secondary N) is 1. The smallest absolute Gasteiger partial charge is 0.278 e. The largest absolute Gasteiger partial charge is 0.279 e. The van der Waals surface area contributed by atoms with Crippen molar-refractivity contribution in [2.45, 2.75) is 18.9 Å². The molecule has 130 valence electrons. The van der Waals surface area contributed by atoms with E-state index in [2.05, 4.69) is 14.8 Å². The Balaban J connectivity index is 2.02. The summed E-state index contributed by atoms with van der Waals surface area (Å²) in [6.45, 7) is 3.48. The van der Waals surface area contributed by atoms with Gasteiger partial charge < -0.3 is 0 Å². The van der Waals surface area contributed by atoms with Crippen molar-refractivity contribution in [2.75, 3.05) is 4.72 Å². The number of hydrogen-bond acceptors (Lipinski definition) is 4. The molecule has 0 fully saturated rings. The fraction of sp³-hybridized carbons (Fsp3) is 0.176. The number of anilines is 1. The molecular weight excluding hydrogens is 343 g/mol. The quantitative estimate of drug-likeness (QED) is 0.776.